The van der Waals surface area contributed by atoms with E-state index in [1.165, 1.54) is 0 Å². The number of ether oxygens (including phenoxy) is 2. The number of carbonyl (C=O) groups is 2. The monoisotopic (exact) mass is 607 g/mol. The Morgan fingerprint density at radius 3 is 2.04 bits per heavy atom. The van der Waals surface area contributed by atoms with Gasteiger partial charge in [-0.3, -0.25) is 9.59 Å². The number of carbonyl (C=O) groups excluding carboxylic acids is 1. The van der Waals surface area contributed by atoms with Crippen LogP contribution in [0.15, 0.2) is 78.9 Å². The van der Waals surface area contributed by atoms with E-state index in [1.54, 1.807) is 18.2 Å². The van der Waals surface area contributed by atoms with Crippen LogP contribution in [0.25, 0.3) is 0 Å². The van der Waals surface area contributed by atoms with E-state index in [0.717, 1.165) is 51.1 Å². The standard InChI is InChI=1S/C39H45NO5/c1-25(2)16-36(33-18-26(3)17-27(4)19-33)40-39(43)35-22-34(14-12-32(35)13-15-37(41)42)44-24-31-20-28(5)38(29(6)21-31)45-23-30-10-8-7-9-11-30/h7-12,14,17-22,25,36H,13,15-16,23-24H2,1-6H3,(H,40,43)(H,41,42). The normalized spacial score (nSPS) is 11.7. The van der Waals surface area contributed by atoms with Gasteiger partial charge in [-0.15, -0.1) is 0 Å². The average Bonchev–Trinajstić information content (AvgIpc) is 2.98. The Hall–Kier alpha value is -4.58. The Labute approximate surface area is 267 Å². The fourth-order valence-corrected chi connectivity index (χ4v) is 5.76. The minimum absolute atomic E-state index is 0.0653. The summed E-state index contributed by atoms with van der Waals surface area (Å²) in [6.45, 7) is 13.3. The summed E-state index contributed by atoms with van der Waals surface area (Å²) in [5, 5.41) is 12.6. The lowest BCUT2D eigenvalue weighted by atomic mass is 9.93. The number of nitrogens with one attached hydrogen (secondary N) is 1. The number of aryl methyl sites for hydroxylation is 5. The van der Waals surface area contributed by atoms with E-state index < -0.39 is 5.97 Å². The zero-order chi connectivity index (χ0) is 32.5. The van der Waals surface area contributed by atoms with Crippen molar-refractivity contribution in [3.63, 3.8) is 0 Å². The van der Waals surface area contributed by atoms with Crippen LogP contribution < -0.4 is 14.8 Å². The molecule has 45 heavy (non-hydrogen) atoms. The molecule has 0 aromatic heterocycles. The molecule has 236 valence electrons. The first-order chi connectivity index (χ1) is 21.5. The summed E-state index contributed by atoms with van der Waals surface area (Å²) < 4.78 is 12.3. The number of rotatable bonds is 14. The molecule has 0 aliphatic rings. The van der Waals surface area contributed by atoms with Crippen molar-refractivity contribution in [3.05, 3.63) is 129 Å². The lowest BCUT2D eigenvalue weighted by Crippen LogP contribution is -2.30. The summed E-state index contributed by atoms with van der Waals surface area (Å²) in [7, 11) is 0. The molecule has 6 nitrogen and oxygen atoms in total. The Morgan fingerprint density at radius 2 is 1.42 bits per heavy atom. The van der Waals surface area contributed by atoms with E-state index in [0.29, 0.717) is 36.0 Å². The van der Waals surface area contributed by atoms with E-state index in [9.17, 15) is 14.7 Å². The van der Waals surface area contributed by atoms with Gasteiger partial charge in [0.25, 0.3) is 5.91 Å². The molecule has 0 radical (unpaired) electrons. The second kappa shape index (κ2) is 15.4. The van der Waals surface area contributed by atoms with Gasteiger partial charge < -0.3 is 19.9 Å². The predicted octanol–water partition coefficient (Wildman–Crippen LogP) is 8.61. The maximum atomic E-state index is 13.8. The quantitative estimate of drug-likeness (QED) is 0.150. The van der Waals surface area contributed by atoms with Gasteiger partial charge in [0, 0.05) is 12.0 Å². The molecule has 4 aromatic rings. The Balaban J connectivity index is 1.53. The lowest BCUT2D eigenvalue weighted by molar-refractivity contribution is -0.136. The van der Waals surface area contributed by atoms with Gasteiger partial charge in [-0.2, -0.15) is 0 Å². The molecule has 4 aromatic carbocycles. The van der Waals surface area contributed by atoms with Gasteiger partial charge in [0.1, 0.15) is 24.7 Å². The summed E-state index contributed by atoms with van der Waals surface area (Å²) in [6.07, 6.45) is 0.961. The first kappa shape index (κ1) is 33.3. The predicted molar refractivity (Wildman–Crippen MR) is 179 cm³/mol. The fourth-order valence-electron chi connectivity index (χ4n) is 5.76. The molecule has 0 saturated carbocycles. The van der Waals surface area contributed by atoms with Crippen LogP contribution in [-0.4, -0.2) is 17.0 Å². The van der Waals surface area contributed by atoms with Crippen molar-refractivity contribution in [3.8, 4) is 11.5 Å². The molecule has 0 bridgehead atoms. The number of carboxylic acid groups (broad SMARTS) is 1. The largest absolute Gasteiger partial charge is 0.489 e. The summed E-state index contributed by atoms with van der Waals surface area (Å²) >= 11 is 0. The van der Waals surface area contributed by atoms with Gasteiger partial charge in [-0.05, 0) is 104 Å². The molecular weight excluding hydrogens is 562 g/mol. The fraction of sp³-hybridized carbons (Fsp3) is 0.333. The minimum Gasteiger partial charge on any atom is -0.489 e. The second-order valence-corrected chi connectivity index (χ2v) is 12.4. The number of aliphatic carboxylic acids is 1. The molecule has 0 fully saturated rings. The minimum atomic E-state index is -0.906. The van der Waals surface area contributed by atoms with Crippen molar-refractivity contribution >= 4 is 11.9 Å². The van der Waals surface area contributed by atoms with Gasteiger partial charge in [0.05, 0.1) is 6.04 Å². The lowest BCUT2D eigenvalue weighted by Gasteiger charge is -2.23. The summed E-state index contributed by atoms with van der Waals surface area (Å²) in [5.74, 6) is 0.628. The van der Waals surface area contributed by atoms with Gasteiger partial charge in [-0.1, -0.05) is 79.6 Å². The van der Waals surface area contributed by atoms with E-state index >= 15 is 0 Å². The van der Waals surface area contributed by atoms with Crippen LogP contribution in [0.4, 0.5) is 0 Å². The second-order valence-electron chi connectivity index (χ2n) is 12.4. The third-order valence-corrected chi connectivity index (χ3v) is 7.74. The van der Waals surface area contributed by atoms with Crippen molar-refractivity contribution in [1.29, 1.82) is 0 Å². The molecule has 4 rings (SSSR count). The van der Waals surface area contributed by atoms with Crippen molar-refractivity contribution in [1.82, 2.24) is 5.32 Å². The van der Waals surface area contributed by atoms with Gasteiger partial charge in [0.15, 0.2) is 0 Å². The smallest absolute Gasteiger partial charge is 0.303 e. The number of amides is 1. The van der Waals surface area contributed by atoms with E-state index in [2.05, 4.69) is 63.3 Å². The number of carboxylic acids is 1. The highest BCUT2D eigenvalue weighted by Crippen LogP contribution is 2.29. The third kappa shape index (κ3) is 9.70. The molecular formula is C39H45NO5. The zero-order valence-corrected chi connectivity index (χ0v) is 27.3. The highest BCUT2D eigenvalue weighted by Gasteiger charge is 2.21. The summed E-state index contributed by atoms with van der Waals surface area (Å²) in [5.41, 5.74) is 8.62. The van der Waals surface area contributed by atoms with Crippen LogP contribution in [-0.2, 0) is 24.4 Å². The molecule has 1 amide bonds. The zero-order valence-electron chi connectivity index (χ0n) is 27.3. The molecule has 1 atom stereocenters. The molecule has 1 unspecified atom stereocenters. The van der Waals surface area contributed by atoms with Gasteiger partial charge >= 0.3 is 5.97 Å². The highest BCUT2D eigenvalue weighted by molar-refractivity contribution is 5.96. The van der Waals surface area contributed by atoms with Crippen LogP contribution in [0.2, 0.25) is 0 Å². The van der Waals surface area contributed by atoms with E-state index in [1.807, 2.05) is 44.2 Å². The van der Waals surface area contributed by atoms with Crippen LogP contribution in [0, 0.1) is 33.6 Å². The molecule has 2 N–H and O–H groups in total. The van der Waals surface area contributed by atoms with E-state index in [4.69, 9.17) is 9.47 Å². The maximum Gasteiger partial charge on any atom is 0.303 e. The topological polar surface area (TPSA) is 84.9 Å². The molecule has 0 saturated heterocycles. The van der Waals surface area contributed by atoms with Gasteiger partial charge in [-0.25, -0.2) is 0 Å². The molecule has 0 aliphatic heterocycles. The van der Waals surface area contributed by atoms with Crippen LogP contribution >= 0.6 is 0 Å². The van der Waals surface area contributed by atoms with Crippen LogP contribution in [0.1, 0.15) is 87.6 Å². The maximum absolute atomic E-state index is 13.8. The first-order valence-electron chi connectivity index (χ1n) is 15.6. The first-order valence-corrected chi connectivity index (χ1v) is 15.6. The molecule has 6 heteroatoms. The van der Waals surface area contributed by atoms with Crippen molar-refractivity contribution in [2.75, 3.05) is 0 Å². The van der Waals surface area contributed by atoms with Crippen molar-refractivity contribution in [2.45, 2.75) is 80.1 Å². The van der Waals surface area contributed by atoms with Crippen molar-refractivity contribution in [2.24, 2.45) is 5.92 Å². The molecule has 0 aliphatic carbocycles. The molecule has 0 spiro atoms. The van der Waals surface area contributed by atoms with Crippen molar-refractivity contribution < 1.29 is 24.2 Å². The summed E-state index contributed by atoms with van der Waals surface area (Å²) in [6, 6.07) is 25.7. The average molecular weight is 608 g/mol. The Bertz CT molecular complexity index is 1580. The van der Waals surface area contributed by atoms with E-state index in [-0.39, 0.29) is 24.8 Å². The Morgan fingerprint density at radius 1 is 0.778 bits per heavy atom. The number of hydrogen-bond donors (Lipinski definition) is 2. The third-order valence-electron chi connectivity index (χ3n) is 7.74. The highest BCUT2D eigenvalue weighted by atomic mass is 16.5. The Kier molecular flexibility index (Phi) is 11.4. The van der Waals surface area contributed by atoms with Gasteiger partial charge in [0.2, 0.25) is 0 Å². The number of benzene rings is 4. The summed E-state index contributed by atoms with van der Waals surface area (Å²) in [4.78, 5) is 25.2. The SMILES string of the molecule is Cc1cc(C)cc(C(CC(C)C)NC(=O)c2cc(OCc3cc(C)c(OCc4ccccc4)c(C)c3)ccc2CCC(=O)O)c1. The van der Waals surface area contributed by atoms with Crippen LogP contribution in [0.5, 0.6) is 11.5 Å². The number of hydrogen-bond acceptors (Lipinski definition) is 4. The molecule has 0 heterocycles. The van der Waals surface area contributed by atoms with Crippen LogP contribution in [0.3, 0.4) is 0 Å².